The molecule has 0 amide bonds. The standard InChI is InChI=1S/C3H16O5Si5/c1-3(2)13-7-11-5-9-4-10-6-12-8-13/h3,13H,9-12H2,1-2H3. The van der Waals surface area contributed by atoms with Crippen LogP contribution in [0.1, 0.15) is 13.8 Å². The fourth-order valence-corrected chi connectivity index (χ4v) is 12.7. The van der Waals surface area contributed by atoms with Crippen LogP contribution in [0.15, 0.2) is 0 Å². The van der Waals surface area contributed by atoms with Gasteiger partial charge in [-0.3, -0.25) is 0 Å². The molecule has 10 heteroatoms. The van der Waals surface area contributed by atoms with E-state index in [1.807, 2.05) is 0 Å². The summed E-state index contributed by atoms with van der Waals surface area (Å²) in [5.41, 5.74) is 0.510. The molecule has 0 spiro atoms. The Hall–Kier alpha value is 0.884. The highest BCUT2D eigenvalue weighted by Crippen LogP contribution is 2.09. The van der Waals surface area contributed by atoms with Gasteiger partial charge >= 0.3 is 9.28 Å². The molecule has 0 unspecified atom stereocenters. The van der Waals surface area contributed by atoms with Crippen LogP contribution in [-0.4, -0.2) is 49.3 Å². The largest absolute Gasteiger partial charge is 0.425 e. The van der Waals surface area contributed by atoms with Crippen LogP contribution in [0.3, 0.4) is 0 Å². The average molecular weight is 273 g/mol. The van der Waals surface area contributed by atoms with E-state index in [0.29, 0.717) is 5.54 Å². The monoisotopic (exact) mass is 272 g/mol. The molecule has 1 fully saturated rings. The summed E-state index contributed by atoms with van der Waals surface area (Å²) in [4.78, 5) is 0. The molecule has 5 nitrogen and oxygen atoms in total. The van der Waals surface area contributed by atoms with E-state index in [-0.39, 0.29) is 0 Å². The van der Waals surface area contributed by atoms with Crippen molar-refractivity contribution in [2.24, 2.45) is 0 Å². The van der Waals surface area contributed by atoms with Gasteiger partial charge in [-0.05, 0) is 5.54 Å². The van der Waals surface area contributed by atoms with Crippen molar-refractivity contribution >= 4 is 49.3 Å². The Kier molecular flexibility index (Phi) is 6.63. The minimum Gasteiger partial charge on any atom is -0.425 e. The first-order valence-corrected chi connectivity index (χ1v) is 10.5. The summed E-state index contributed by atoms with van der Waals surface area (Å²) in [5.74, 6) is 0. The van der Waals surface area contributed by atoms with Gasteiger partial charge in [0.1, 0.15) is 0 Å². The molecule has 0 bridgehead atoms. The minimum atomic E-state index is -1.46. The third kappa shape index (κ3) is 5.35. The van der Waals surface area contributed by atoms with Crippen molar-refractivity contribution in [1.82, 2.24) is 0 Å². The van der Waals surface area contributed by atoms with Crippen LogP contribution in [0.2, 0.25) is 5.54 Å². The van der Waals surface area contributed by atoms with E-state index in [1.54, 1.807) is 0 Å². The van der Waals surface area contributed by atoms with Crippen molar-refractivity contribution < 1.29 is 20.6 Å². The lowest BCUT2D eigenvalue weighted by molar-refractivity contribution is 0.326. The van der Waals surface area contributed by atoms with E-state index in [4.69, 9.17) is 20.6 Å². The van der Waals surface area contributed by atoms with Gasteiger partial charge in [0.05, 0.1) is 0 Å². The molecule has 0 aromatic carbocycles. The Morgan fingerprint density at radius 3 is 1.77 bits per heavy atom. The van der Waals surface area contributed by atoms with E-state index < -0.39 is 49.3 Å². The summed E-state index contributed by atoms with van der Waals surface area (Å²) in [7, 11) is -4.63. The molecule has 1 heterocycles. The normalized spacial score (nSPS) is 34.8. The first-order valence-electron chi connectivity index (χ1n) is 4.27. The van der Waals surface area contributed by atoms with Gasteiger partial charge < -0.3 is 20.6 Å². The van der Waals surface area contributed by atoms with E-state index in [9.17, 15) is 0 Å². The summed E-state index contributed by atoms with van der Waals surface area (Å²) in [5, 5.41) is 0. The van der Waals surface area contributed by atoms with Gasteiger partial charge in [0.2, 0.25) is 0 Å². The zero-order chi connectivity index (χ0) is 9.52. The van der Waals surface area contributed by atoms with Crippen LogP contribution in [-0.2, 0) is 20.6 Å². The molecular formula is C3H16O5Si5. The van der Waals surface area contributed by atoms with Crippen LogP contribution in [0.4, 0.5) is 0 Å². The summed E-state index contributed by atoms with van der Waals surface area (Å²) < 4.78 is 27.2. The number of hydrogen-bond acceptors (Lipinski definition) is 5. The second kappa shape index (κ2) is 7.21. The van der Waals surface area contributed by atoms with Gasteiger partial charge in [0, 0.05) is 0 Å². The summed E-state index contributed by atoms with van der Waals surface area (Å²) >= 11 is 0. The third-order valence-electron chi connectivity index (χ3n) is 1.51. The second-order valence-electron chi connectivity index (χ2n) is 3.03. The fraction of sp³-hybridized carbons (Fsp3) is 1.00. The Morgan fingerprint density at radius 2 is 1.31 bits per heavy atom. The molecule has 0 aliphatic carbocycles. The van der Waals surface area contributed by atoms with Gasteiger partial charge in [-0.15, -0.1) is 0 Å². The second-order valence-corrected chi connectivity index (χ2v) is 13.6. The topological polar surface area (TPSA) is 46.2 Å². The first-order chi connectivity index (χ1) is 6.30. The molecule has 0 aromatic heterocycles. The number of hydrogen-bond donors (Lipinski definition) is 0. The average Bonchev–Trinajstić information content (AvgIpc) is 2.14. The number of rotatable bonds is 1. The van der Waals surface area contributed by atoms with Gasteiger partial charge in [0.25, 0.3) is 40.0 Å². The molecule has 0 N–H and O–H groups in total. The van der Waals surface area contributed by atoms with Crippen molar-refractivity contribution in [1.29, 1.82) is 0 Å². The zero-order valence-corrected chi connectivity index (χ0v) is 14.8. The molecule has 1 aliphatic rings. The first kappa shape index (κ1) is 12.0. The maximum absolute atomic E-state index is 5.64. The van der Waals surface area contributed by atoms with Gasteiger partial charge in [0.15, 0.2) is 0 Å². The molecule has 1 rings (SSSR count). The SMILES string of the molecule is CC(C)[SiH]1O[SiH2]O[SiH2]O[SiH2]O[SiH2]O1. The Bertz CT molecular complexity index is 125. The molecule has 0 saturated carbocycles. The smallest absolute Gasteiger partial charge is 0.305 e. The van der Waals surface area contributed by atoms with E-state index in [2.05, 4.69) is 13.8 Å². The molecular weight excluding hydrogens is 256 g/mol. The van der Waals surface area contributed by atoms with E-state index >= 15 is 0 Å². The third-order valence-corrected chi connectivity index (χ3v) is 10.3. The van der Waals surface area contributed by atoms with Crippen molar-refractivity contribution in [2.75, 3.05) is 0 Å². The highest BCUT2D eigenvalue weighted by Gasteiger charge is 2.18. The highest BCUT2D eigenvalue weighted by molar-refractivity contribution is 6.60. The van der Waals surface area contributed by atoms with Crippen LogP contribution < -0.4 is 0 Å². The molecule has 0 atom stereocenters. The van der Waals surface area contributed by atoms with Crippen molar-refractivity contribution in [3.8, 4) is 0 Å². The van der Waals surface area contributed by atoms with Crippen molar-refractivity contribution in [2.45, 2.75) is 19.4 Å². The predicted molar refractivity (Wildman–Crippen MR) is 61.8 cm³/mol. The van der Waals surface area contributed by atoms with E-state index in [1.165, 1.54) is 0 Å². The molecule has 1 aliphatic heterocycles. The Morgan fingerprint density at radius 1 is 0.846 bits per heavy atom. The summed E-state index contributed by atoms with van der Waals surface area (Å²) in [6.07, 6.45) is 0. The lowest BCUT2D eigenvalue weighted by Gasteiger charge is -2.21. The predicted octanol–water partition coefficient (Wildman–Crippen LogP) is -3.29. The molecule has 0 aromatic rings. The molecule has 78 valence electrons. The van der Waals surface area contributed by atoms with Crippen LogP contribution >= 0.6 is 0 Å². The summed E-state index contributed by atoms with van der Waals surface area (Å²) in [6.45, 7) is 4.27. The molecule has 1 saturated heterocycles. The lowest BCUT2D eigenvalue weighted by atomic mass is 10.6. The van der Waals surface area contributed by atoms with Crippen molar-refractivity contribution in [3.05, 3.63) is 0 Å². The quantitative estimate of drug-likeness (QED) is 0.468. The van der Waals surface area contributed by atoms with Crippen LogP contribution in [0.5, 0.6) is 0 Å². The Balaban J connectivity index is 2.26. The Labute approximate surface area is 89.5 Å². The van der Waals surface area contributed by atoms with Crippen molar-refractivity contribution in [3.63, 3.8) is 0 Å². The summed E-state index contributed by atoms with van der Waals surface area (Å²) in [6, 6.07) is 0. The zero-order valence-electron chi connectivity index (χ0n) is 8.02. The fourth-order valence-electron chi connectivity index (χ4n) is 0.883. The highest BCUT2D eigenvalue weighted by atomic mass is 28.4. The van der Waals surface area contributed by atoms with Gasteiger partial charge in [-0.1, -0.05) is 13.8 Å². The maximum atomic E-state index is 5.64. The van der Waals surface area contributed by atoms with Crippen LogP contribution in [0.25, 0.3) is 0 Å². The van der Waals surface area contributed by atoms with E-state index in [0.717, 1.165) is 0 Å². The lowest BCUT2D eigenvalue weighted by Crippen LogP contribution is -2.34. The molecule has 13 heavy (non-hydrogen) atoms. The molecule has 0 radical (unpaired) electrons. The van der Waals surface area contributed by atoms with Gasteiger partial charge in [-0.2, -0.15) is 0 Å². The maximum Gasteiger partial charge on any atom is 0.305 e. The van der Waals surface area contributed by atoms with Gasteiger partial charge in [-0.25, -0.2) is 0 Å². The minimum absolute atomic E-state index is 0.510. The van der Waals surface area contributed by atoms with Crippen LogP contribution in [0, 0.1) is 0 Å².